The molecule has 1 aromatic heterocycles. The summed E-state index contributed by atoms with van der Waals surface area (Å²) in [5, 5.41) is 3.60. The smallest absolute Gasteiger partial charge is 0.233 e. The standard InChI is InChI=1S/C22H31N3O4S/c1-14-15(2)25(13-18-7-6-10-29-18)22(24-14)30-16(3)21(26)23-12-17-8-9-19(27-4)20(11-17)28-5/h8-9,11,16,18H,6-7,10,12-13H2,1-5H3,(H,23,26)/t16-,18+/m1/s1. The van der Waals surface area contributed by atoms with E-state index in [9.17, 15) is 4.79 Å². The zero-order chi connectivity index (χ0) is 21.7. The summed E-state index contributed by atoms with van der Waals surface area (Å²) in [6.45, 7) is 8.02. The fourth-order valence-corrected chi connectivity index (χ4v) is 4.49. The van der Waals surface area contributed by atoms with Crippen LogP contribution in [0.5, 0.6) is 11.5 Å². The van der Waals surface area contributed by atoms with Gasteiger partial charge in [0.25, 0.3) is 0 Å². The number of benzene rings is 1. The van der Waals surface area contributed by atoms with Gasteiger partial charge in [-0.2, -0.15) is 0 Å². The Morgan fingerprint density at radius 2 is 2.10 bits per heavy atom. The second-order valence-electron chi connectivity index (χ2n) is 7.48. The highest BCUT2D eigenvalue weighted by atomic mass is 32.2. The van der Waals surface area contributed by atoms with Crippen LogP contribution in [0.3, 0.4) is 0 Å². The van der Waals surface area contributed by atoms with Crippen molar-refractivity contribution in [2.75, 3.05) is 20.8 Å². The summed E-state index contributed by atoms with van der Waals surface area (Å²) in [4.78, 5) is 17.4. The number of nitrogens with zero attached hydrogens (tertiary/aromatic N) is 2. The van der Waals surface area contributed by atoms with Crippen molar-refractivity contribution >= 4 is 17.7 Å². The van der Waals surface area contributed by atoms with E-state index < -0.39 is 0 Å². The van der Waals surface area contributed by atoms with Crippen molar-refractivity contribution in [1.29, 1.82) is 0 Å². The number of aromatic nitrogens is 2. The van der Waals surface area contributed by atoms with E-state index in [4.69, 9.17) is 19.2 Å². The summed E-state index contributed by atoms with van der Waals surface area (Å²) < 4.78 is 18.6. The lowest BCUT2D eigenvalue weighted by Crippen LogP contribution is -2.30. The Labute approximate surface area is 182 Å². The number of nitrogens with one attached hydrogen (secondary N) is 1. The second kappa shape index (κ2) is 10.2. The van der Waals surface area contributed by atoms with Crippen LogP contribution in [0.4, 0.5) is 0 Å². The zero-order valence-electron chi connectivity index (χ0n) is 18.4. The van der Waals surface area contributed by atoms with E-state index in [2.05, 4.69) is 16.8 Å². The molecule has 2 atom stereocenters. The van der Waals surface area contributed by atoms with Gasteiger partial charge >= 0.3 is 0 Å². The highest BCUT2D eigenvalue weighted by Gasteiger charge is 2.23. The Balaban J connectivity index is 1.61. The van der Waals surface area contributed by atoms with Gasteiger partial charge in [-0.05, 0) is 51.3 Å². The zero-order valence-corrected chi connectivity index (χ0v) is 19.2. The molecule has 0 bridgehead atoms. The summed E-state index contributed by atoms with van der Waals surface area (Å²) in [6.07, 6.45) is 2.41. The van der Waals surface area contributed by atoms with Crippen LogP contribution < -0.4 is 14.8 Å². The Bertz CT molecular complexity index is 878. The SMILES string of the molecule is COc1ccc(CNC(=O)[C@@H](C)Sc2nc(C)c(C)n2C[C@@H]2CCCO2)cc1OC. The third-order valence-electron chi connectivity index (χ3n) is 5.40. The minimum atomic E-state index is -0.269. The molecule has 0 radical (unpaired) electrons. The molecule has 2 heterocycles. The average Bonchev–Trinajstić information content (AvgIpc) is 3.35. The third-order valence-corrected chi connectivity index (χ3v) is 6.49. The highest BCUT2D eigenvalue weighted by molar-refractivity contribution is 8.00. The highest BCUT2D eigenvalue weighted by Crippen LogP contribution is 2.29. The molecule has 8 heteroatoms. The lowest BCUT2D eigenvalue weighted by Gasteiger charge is -2.17. The Hall–Kier alpha value is -2.19. The quantitative estimate of drug-likeness (QED) is 0.610. The van der Waals surface area contributed by atoms with Crippen molar-refractivity contribution in [3.63, 3.8) is 0 Å². The third kappa shape index (κ3) is 5.29. The van der Waals surface area contributed by atoms with E-state index >= 15 is 0 Å². The van der Waals surface area contributed by atoms with Crippen LogP contribution in [-0.4, -0.2) is 47.6 Å². The van der Waals surface area contributed by atoms with Gasteiger partial charge in [-0.25, -0.2) is 4.98 Å². The normalized spacial score (nSPS) is 17.0. The number of hydrogen-bond acceptors (Lipinski definition) is 6. The molecular weight excluding hydrogens is 402 g/mol. The number of aryl methyl sites for hydroxylation is 1. The van der Waals surface area contributed by atoms with Crippen LogP contribution in [0, 0.1) is 13.8 Å². The summed E-state index contributed by atoms with van der Waals surface area (Å²) in [5.41, 5.74) is 3.07. The first kappa shape index (κ1) is 22.5. The number of carbonyl (C=O) groups is 1. The van der Waals surface area contributed by atoms with Gasteiger partial charge in [0, 0.05) is 18.8 Å². The molecule has 2 aromatic rings. The van der Waals surface area contributed by atoms with Gasteiger partial charge in [-0.15, -0.1) is 0 Å². The maximum absolute atomic E-state index is 12.7. The minimum Gasteiger partial charge on any atom is -0.493 e. The summed E-state index contributed by atoms with van der Waals surface area (Å²) in [7, 11) is 3.20. The van der Waals surface area contributed by atoms with Crippen LogP contribution in [0.25, 0.3) is 0 Å². The molecule has 3 rings (SSSR count). The molecule has 164 valence electrons. The van der Waals surface area contributed by atoms with Crippen LogP contribution in [0.15, 0.2) is 23.4 Å². The first-order valence-electron chi connectivity index (χ1n) is 10.2. The predicted octanol–water partition coefficient (Wildman–Crippen LogP) is 3.49. The topological polar surface area (TPSA) is 74.6 Å². The van der Waals surface area contributed by atoms with E-state index in [1.807, 2.05) is 32.0 Å². The van der Waals surface area contributed by atoms with Crippen molar-refractivity contribution in [2.45, 2.75) is 63.2 Å². The lowest BCUT2D eigenvalue weighted by molar-refractivity contribution is -0.120. The Kier molecular flexibility index (Phi) is 7.66. The van der Waals surface area contributed by atoms with E-state index in [0.717, 1.165) is 48.1 Å². The number of hydrogen-bond donors (Lipinski definition) is 1. The fourth-order valence-electron chi connectivity index (χ4n) is 3.46. The van der Waals surface area contributed by atoms with E-state index in [1.165, 1.54) is 11.8 Å². The number of carbonyl (C=O) groups excluding carboxylic acids is 1. The number of ether oxygens (including phenoxy) is 3. The molecule has 1 aromatic carbocycles. The van der Waals surface area contributed by atoms with Gasteiger partial charge in [-0.3, -0.25) is 4.79 Å². The molecule has 1 N–H and O–H groups in total. The molecule has 0 aliphatic carbocycles. The van der Waals surface area contributed by atoms with E-state index in [1.54, 1.807) is 14.2 Å². The molecule has 1 fully saturated rings. The van der Waals surface area contributed by atoms with Gasteiger partial charge in [0.2, 0.25) is 5.91 Å². The van der Waals surface area contributed by atoms with Crippen LogP contribution >= 0.6 is 11.8 Å². The van der Waals surface area contributed by atoms with Crippen LogP contribution in [-0.2, 0) is 22.6 Å². The predicted molar refractivity (Wildman–Crippen MR) is 117 cm³/mol. The lowest BCUT2D eigenvalue weighted by atomic mass is 10.2. The molecule has 0 spiro atoms. The maximum Gasteiger partial charge on any atom is 0.233 e. The minimum absolute atomic E-state index is 0.0308. The van der Waals surface area contributed by atoms with Gasteiger partial charge in [0.05, 0.1) is 37.8 Å². The molecule has 30 heavy (non-hydrogen) atoms. The average molecular weight is 434 g/mol. The second-order valence-corrected chi connectivity index (χ2v) is 8.79. The number of amides is 1. The Morgan fingerprint density at radius 3 is 2.77 bits per heavy atom. The van der Waals surface area contributed by atoms with Gasteiger partial charge in [0.1, 0.15) is 0 Å². The van der Waals surface area contributed by atoms with E-state index in [0.29, 0.717) is 18.0 Å². The van der Waals surface area contributed by atoms with Gasteiger partial charge in [-0.1, -0.05) is 17.8 Å². The number of thioether (sulfide) groups is 1. The molecular formula is C22H31N3O4S. The van der Waals surface area contributed by atoms with Crippen molar-refractivity contribution in [1.82, 2.24) is 14.9 Å². The number of rotatable bonds is 9. The Morgan fingerprint density at radius 1 is 1.33 bits per heavy atom. The van der Waals surface area contributed by atoms with Crippen molar-refractivity contribution < 1.29 is 19.0 Å². The first-order chi connectivity index (χ1) is 14.4. The number of methoxy groups -OCH3 is 2. The van der Waals surface area contributed by atoms with Crippen molar-refractivity contribution in [3.8, 4) is 11.5 Å². The molecule has 1 saturated heterocycles. The molecule has 7 nitrogen and oxygen atoms in total. The summed E-state index contributed by atoms with van der Waals surface area (Å²) >= 11 is 1.49. The monoisotopic (exact) mass is 433 g/mol. The first-order valence-corrected chi connectivity index (χ1v) is 11.1. The molecule has 0 saturated carbocycles. The van der Waals surface area contributed by atoms with Gasteiger partial charge in [0.15, 0.2) is 16.7 Å². The van der Waals surface area contributed by atoms with Crippen LogP contribution in [0.1, 0.15) is 36.7 Å². The summed E-state index contributed by atoms with van der Waals surface area (Å²) in [6, 6.07) is 5.63. The summed E-state index contributed by atoms with van der Waals surface area (Å²) in [5.74, 6) is 1.28. The fraction of sp³-hybridized carbons (Fsp3) is 0.545. The largest absolute Gasteiger partial charge is 0.493 e. The molecule has 1 aliphatic heterocycles. The molecule has 0 unspecified atom stereocenters. The van der Waals surface area contributed by atoms with Crippen molar-refractivity contribution in [2.24, 2.45) is 0 Å². The van der Waals surface area contributed by atoms with Gasteiger partial charge < -0.3 is 24.1 Å². The number of imidazole rings is 1. The van der Waals surface area contributed by atoms with E-state index in [-0.39, 0.29) is 17.3 Å². The van der Waals surface area contributed by atoms with Crippen molar-refractivity contribution in [3.05, 3.63) is 35.2 Å². The maximum atomic E-state index is 12.7. The molecule has 1 aliphatic rings. The van der Waals surface area contributed by atoms with Crippen LogP contribution in [0.2, 0.25) is 0 Å². The molecule has 1 amide bonds.